The zero-order chi connectivity index (χ0) is 19.6. The van der Waals surface area contributed by atoms with Gasteiger partial charge in [0.1, 0.15) is 5.76 Å². The first kappa shape index (κ1) is 20.0. The molecule has 144 valence electrons. The summed E-state index contributed by atoms with van der Waals surface area (Å²) in [5, 5.41) is 6.42. The quantitative estimate of drug-likeness (QED) is 0.420. The standard InChI is InChI=1S/C19H23N3O5/c1-4-25-16-9-8-14(11-17(16)26-5-2)13(3)21-22-19(24)18(23)20-12-15-7-6-10-27-15/h6-11H,4-5,12H2,1-3H3,(H,20,23)(H,22,24)/b21-13-. The summed E-state index contributed by atoms with van der Waals surface area (Å²) in [6, 6.07) is 8.75. The fourth-order valence-corrected chi connectivity index (χ4v) is 2.19. The minimum atomic E-state index is -0.864. The van der Waals surface area contributed by atoms with E-state index in [1.165, 1.54) is 6.26 Å². The second-order valence-electron chi connectivity index (χ2n) is 5.43. The number of carbonyl (C=O) groups is 2. The Labute approximate surface area is 157 Å². The molecular weight excluding hydrogens is 350 g/mol. The predicted octanol–water partition coefficient (Wildman–Crippen LogP) is 2.23. The topological polar surface area (TPSA) is 102 Å². The molecule has 0 aliphatic carbocycles. The summed E-state index contributed by atoms with van der Waals surface area (Å²) in [5.41, 5.74) is 3.49. The van der Waals surface area contributed by atoms with Crippen LogP contribution in [0, 0.1) is 0 Å². The number of ether oxygens (including phenoxy) is 2. The molecule has 8 heteroatoms. The van der Waals surface area contributed by atoms with Crippen molar-refractivity contribution in [3.63, 3.8) is 0 Å². The predicted molar refractivity (Wildman–Crippen MR) is 99.7 cm³/mol. The zero-order valence-corrected chi connectivity index (χ0v) is 15.6. The van der Waals surface area contributed by atoms with Crippen molar-refractivity contribution in [3.05, 3.63) is 47.9 Å². The monoisotopic (exact) mass is 373 g/mol. The van der Waals surface area contributed by atoms with E-state index in [1.807, 2.05) is 13.8 Å². The summed E-state index contributed by atoms with van der Waals surface area (Å²) in [6.45, 7) is 6.63. The fraction of sp³-hybridized carbons (Fsp3) is 0.316. The van der Waals surface area contributed by atoms with Gasteiger partial charge >= 0.3 is 11.8 Å². The maximum atomic E-state index is 11.8. The van der Waals surface area contributed by atoms with Gasteiger partial charge in [-0.15, -0.1) is 0 Å². The number of benzene rings is 1. The van der Waals surface area contributed by atoms with Crippen molar-refractivity contribution in [3.8, 4) is 11.5 Å². The summed E-state index contributed by atoms with van der Waals surface area (Å²) in [4.78, 5) is 23.6. The lowest BCUT2D eigenvalue weighted by Gasteiger charge is -2.12. The molecule has 0 bridgehead atoms. The molecule has 0 saturated heterocycles. The van der Waals surface area contributed by atoms with Crippen molar-refractivity contribution in [2.75, 3.05) is 13.2 Å². The third kappa shape index (κ3) is 5.88. The lowest BCUT2D eigenvalue weighted by atomic mass is 10.1. The maximum absolute atomic E-state index is 11.8. The lowest BCUT2D eigenvalue weighted by molar-refractivity contribution is -0.139. The SMILES string of the molecule is CCOc1ccc(/C(C)=N\NC(=O)C(=O)NCc2ccco2)cc1OCC. The second kappa shape index (κ2) is 10.0. The number of nitrogens with zero attached hydrogens (tertiary/aromatic N) is 1. The van der Waals surface area contributed by atoms with Crippen LogP contribution in [0.4, 0.5) is 0 Å². The maximum Gasteiger partial charge on any atom is 0.329 e. The van der Waals surface area contributed by atoms with Gasteiger partial charge in [0.25, 0.3) is 0 Å². The smallest absolute Gasteiger partial charge is 0.329 e. The van der Waals surface area contributed by atoms with Crippen molar-refractivity contribution >= 4 is 17.5 Å². The van der Waals surface area contributed by atoms with E-state index in [1.54, 1.807) is 37.3 Å². The molecular formula is C19H23N3O5. The molecule has 2 N–H and O–H groups in total. The highest BCUT2D eigenvalue weighted by molar-refractivity contribution is 6.35. The van der Waals surface area contributed by atoms with Crippen LogP contribution in [0.2, 0.25) is 0 Å². The van der Waals surface area contributed by atoms with Crippen LogP contribution >= 0.6 is 0 Å². The van der Waals surface area contributed by atoms with E-state index in [2.05, 4.69) is 15.8 Å². The van der Waals surface area contributed by atoms with Gasteiger partial charge in [-0.3, -0.25) is 9.59 Å². The number of hydrogen-bond donors (Lipinski definition) is 2. The fourth-order valence-electron chi connectivity index (χ4n) is 2.19. The van der Waals surface area contributed by atoms with Crippen LogP contribution in [-0.4, -0.2) is 30.7 Å². The lowest BCUT2D eigenvalue weighted by Crippen LogP contribution is -2.37. The molecule has 8 nitrogen and oxygen atoms in total. The highest BCUT2D eigenvalue weighted by Crippen LogP contribution is 2.28. The highest BCUT2D eigenvalue weighted by Gasteiger charge is 2.13. The minimum Gasteiger partial charge on any atom is -0.490 e. The first-order valence-corrected chi connectivity index (χ1v) is 8.60. The number of hydrogen-bond acceptors (Lipinski definition) is 6. The summed E-state index contributed by atoms with van der Waals surface area (Å²) >= 11 is 0. The molecule has 2 amide bonds. The first-order valence-electron chi connectivity index (χ1n) is 8.60. The average molecular weight is 373 g/mol. The van der Waals surface area contributed by atoms with Crippen molar-refractivity contribution in [1.29, 1.82) is 0 Å². The molecule has 2 rings (SSSR count). The normalized spacial score (nSPS) is 11.0. The molecule has 0 spiro atoms. The summed E-state index contributed by atoms with van der Waals surface area (Å²) in [5.74, 6) is 0.112. The van der Waals surface area contributed by atoms with Crippen LogP contribution in [-0.2, 0) is 16.1 Å². The molecule has 2 aromatic rings. The van der Waals surface area contributed by atoms with Crippen molar-refractivity contribution in [1.82, 2.24) is 10.7 Å². The van der Waals surface area contributed by atoms with E-state index in [-0.39, 0.29) is 6.54 Å². The highest BCUT2D eigenvalue weighted by atomic mass is 16.5. The largest absolute Gasteiger partial charge is 0.490 e. The number of amides is 2. The second-order valence-corrected chi connectivity index (χ2v) is 5.43. The number of furan rings is 1. The Hall–Kier alpha value is -3.29. The Bertz CT molecular complexity index is 800. The Kier molecular flexibility index (Phi) is 7.42. The van der Waals surface area contributed by atoms with Crippen molar-refractivity contribution in [2.24, 2.45) is 5.10 Å². The molecule has 0 aliphatic heterocycles. The molecule has 27 heavy (non-hydrogen) atoms. The first-order chi connectivity index (χ1) is 13.0. The van der Waals surface area contributed by atoms with E-state index in [4.69, 9.17) is 13.9 Å². The van der Waals surface area contributed by atoms with Gasteiger partial charge in [-0.25, -0.2) is 5.43 Å². The number of rotatable bonds is 8. The van der Waals surface area contributed by atoms with Crippen LogP contribution in [0.15, 0.2) is 46.1 Å². The van der Waals surface area contributed by atoms with Crippen molar-refractivity contribution < 1.29 is 23.5 Å². The van der Waals surface area contributed by atoms with Gasteiger partial charge in [-0.2, -0.15) is 5.10 Å². The van der Waals surface area contributed by atoms with Gasteiger partial charge < -0.3 is 19.2 Å². The summed E-state index contributed by atoms with van der Waals surface area (Å²) < 4.78 is 16.2. The van der Waals surface area contributed by atoms with Gasteiger partial charge in [-0.1, -0.05) is 0 Å². The Morgan fingerprint density at radius 1 is 1.07 bits per heavy atom. The molecule has 0 aliphatic rings. The molecule has 1 aromatic carbocycles. The molecule has 0 fully saturated rings. The third-order valence-electron chi connectivity index (χ3n) is 3.50. The third-order valence-corrected chi connectivity index (χ3v) is 3.50. The van der Waals surface area contributed by atoms with Crippen LogP contribution in [0.25, 0.3) is 0 Å². The van der Waals surface area contributed by atoms with Crippen molar-refractivity contribution in [2.45, 2.75) is 27.3 Å². The number of carbonyl (C=O) groups excluding carboxylic acids is 2. The average Bonchev–Trinajstić information content (AvgIpc) is 3.19. The number of hydrazone groups is 1. The van der Waals surface area contributed by atoms with E-state index >= 15 is 0 Å². The Balaban J connectivity index is 1.98. The van der Waals surface area contributed by atoms with E-state index in [9.17, 15) is 9.59 Å². The molecule has 0 atom stereocenters. The molecule has 1 aromatic heterocycles. The van der Waals surface area contributed by atoms with E-state index in [0.29, 0.717) is 36.2 Å². The van der Waals surface area contributed by atoms with E-state index < -0.39 is 11.8 Å². The molecule has 0 saturated carbocycles. The van der Waals surface area contributed by atoms with Gasteiger partial charge in [0.05, 0.1) is 31.7 Å². The molecule has 0 radical (unpaired) electrons. The van der Waals surface area contributed by atoms with Crippen LogP contribution < -0.4 is 20.2 Å². The van der Waals surface area contributed by atoms with Gasteiger partial charge in [0.15, 0.2) is 11.5 Å². The molecule has 1 heterocycles. The van der Waals surface area contributed by atoms with Crippen LogP contribution in [0.5, 0.6) is 11.5 Å². The van der Waals surface area contributed by atoms with Gasteiger partial charge in [0.2, 0.25) is 0 Å². The number of nitrogens with one attached hydrogen (secondary N) is 2. The molecule has 0 unspecified atom stereocenters. The van der Waals surface area contributed by atoms with Crippen LogP contribution in [0.1, 0.15) is 32.1 Å². The van der Waals surface area contributed by atoms with Gasteiger partial charge in [0, 0.05) is 5.56 Å². The zero-order valence-electron chi connectivity index (χ0n) is 15.6. The Morgan fingerprint density at radius 2 is 1.81 bits per heavy atom. The Morgan fingerprint density at radius 3 is 2.48 bits per heavy atom. The van der Waals surface area contributed by atoms with Gasteiger partial charge in [-0.05, 0) is 51.1 Å². The van der Waals surface area contributed by atoms with Crippen LogP contribution in [0.3, 0.4) is 0 Å². The summed E-state index contributed by atoms with van der Waals surface area (Å²) in [6.07, 6.45) is 1.49. The minimum absolute atomic E-state index is 0.124. The van der Waals surface area contributed by atoms with E-state index in [0.717, 1.165) is 5.56 Å². The summed E-state index contributed by atoms with van der Waals surface area (Å²) in [7, 11) is 0.